The summed E-state index contributed by atoms with van der Waals surface area (Å²) in [6.07, 6.45) is 11.9. The van der Waals surface area contributed by atoms with Crippen molar-refractivity contribution in [3.05, 3.63) is 35.6 Å². The molecule has 1 unspecified atom stereocenters. The van der Waals surface area contributed by atoms with Crippen LogP contribution in [0.25, 0.3) is 6.08 Å². The molecule has 1 amide bonds. The van der Waals surface area contributed by atoms with Gasteiger partial charge in [0.2, 0.25) is 0 Å². The molecule has 2 fully saturated rings. The Bertz CT molecular complexity index is 790. The van der Waals surface area contributed by atoms with Gasteiger partial charge in [-0.1, -0.05) is 58.1 Å². The Balaban J connectivity index is 1.86. The Morgan fingerprint density at radius 2 is 1.78 bits per heavy atom. The number of nitrogens with zero attached hydrogens (tertiary/aromatic N) is 3. The van der Waals surface area contributed by atoms with Gasteiger partial charge >= 0.3 is 6.02 Å². The van der Waals surface area contributed by atoms with Crippen molar-refractivity contribution in [1.29, 1.82) is 0 Å². The fourth-order valence-electron chi connectivity index (χ4n) is 4.74. The molecule has 1 aliphatic heterocycles. The maximum absolute atomic E-state index is 13.4. The van der Waals surface area contributed by atoms with Crippen LogP contribution >= 0.6 is 0 Å². The summed E-state index contributed by atoms with van der Waals surface area (Å²) in [6.45, 7) is 10.6. The molecule has 0 aromatic heterocycles. The Hall–Kier alpha value is -2.30. The van der Waals surface area contributed by atoms with E-state index in [1.165, 1.54) is 24.9 Å². The number of anilines is 1. The SMILES string of the molecule is CCCCC(CC)N1C(=O)/C(=C\c2ccc(N(CC)CC)cc2)O/C1=N/C1CCCCC1. The van der Waals surface area contributed by atoms with Crippen LogP contribution in [0.3, 0.4) is 0 Å². The number of aliphatic imine (C=N–C) groups is 1. The highest BCUT2D eigenvalue weighted by Gasteiger charge is 2.39. The fraction of sp³-hybridized carbons (Fsp3) is 0.630. The Labute approximate surface area is 194 Å². The van der Waals surface area contributed by atoms with Crippen LogP contribution in [0.5, 0.6) is 0 Å². The summed E-state index contributed by atoms with van der Waals surface area (Å²) in [5, 5.41) is 0. The van der Waals surface area contributed by atoms with Crippen LogP contribution in [0.2, 0.25) is 0 Å². The number of unbranched alkanes of at least 4 members (excludes halogenated alkanes) is 1. The van der Waals surface area contributed by atoms with E-state index in [0.29, 0.717) is 11.8 Å². The van der Waals surface area contributed by atoms with E-state index in [2.05, 4.69) is 56.9 Å². The molecule has 0 bridgehead atoms. The summed E-state index contributed by atoms with van der Waals surface area (Å²) in [6, 6.07) is 9.29. The number of ether oxygens (including phenoxy) is 1. The predicted octanol–water partition coefficient (Wildman–Crippen LogP) is 6.39. The molecule has 1 saturated heterocycles. The molecule has 0 radical (unpaired) electrons. The van der Waals surface area contributed by atoms with Gasteiger partial charge in [0.15, 0.2) is 5.76 Å². The number of carbonyl (C=O) groups excluding carboxylic acids is 1. The van der Waals surface area contributed by atoms with E-state index in [1.54, 1.807) is 0 Å². The smallest absolute Gasteiger partial charge is 0.300 e. The lowest BCUT2D eigenvalue weighted by Gasteiger charge is -2.26. The van der Waals surface area contributed by atoms with Crippen LogP contribution in [0, 0.1) is 0 Å². The fourth-order valence-corrected chi connectivity index (χ4v) is 4.74. The first-order chi connectivity index (χ1) is 15.6. The van der Waals surface area contributed by atoms with Gasteiger partial charge in [-0.3, -0.25) is 9.69 Å². The summed E-state index contributed by atoms with van der Waals surface area (Å²) < 4.78 is 6.15. The average molecular weight is 440 g/mol. The van der Waals surface area contributed by atoms with Gasteiger partial charge in [-0.05, 0) is 63.3 Å². The van der Waals surface area contributed by atoms with E-state index in [0.717, 1.165) is 57.2 Å². The molecule has 1 aromatic carbocycles. The van der Waals surface area contributed by atoms with Crippen molar-refractivity contribution in [3.63, 3.8) is 0 Å². The van der Waals surface area contributed by atoms with Crippen molar-refractivity contribution in [2.45, 2.75) is 97.6 Å². The zero-order chi connectivity index (χ0) is 22.9. The molecule has 2 aliphatic rings. The minimum absolute atomic E-state index is 0.0460. The van der Waals surface area contributed by atoms with Gasteiger partial charge in [0, 0.05) is 24.8 Å². The van der Waals surface area contributed by atoms with E-state index in [-0.39, 0.29) is 18.0 Å². The maximum atomic E-state index is 13.4. The largest absolute Gasteiger partial charge is 0.420 e. The van der Waals surface area contributed by atoms with E-state index in [1.807, 2.05) is 11.0 Å². The molecule has 5 heteroatoms. The first-order valence-electron chi connectivity index (χ1n) is 12.8. The molecule has 0 N–H and O–H groups in total. The average Bonchev–Trinajstić information content (AvgIpc) is 3.11. The summed E-state index contributed by atoms with van der Waals surface area (Å²) in [4.78, 5) is 22.5. The summed E-state index contributed by atoms with van der Waals surface area (Å²) in [5.41, 5.74) is 2.17. The highest BCUT2D eigenvalue weighted by atomic mass is 16.5. The molecule has 3 rings (SSSR count). The summed E-state index contributed by atoms with van der Waals surface area (Å²) in [7, 11) is 0. The molecule has 5 nitrogen and oxygen atoms in total. The van der Waals surface area contributed by atoms with Crippen LogP contribution in [0.15, 0.2) is 35.0 Å². The normalized spacial score (nSPS) is 20.8. The van der Waals surface area contributed by atoms with Crippen LogP contribution in [-0.2, 0) is 9.53 Å². The van der Waals surface area contributed by atoms with Crippen molar-refractivity contribution in [3.8, 4) is 0 Å². The second-order valence-electron chi connectivity index (χ2n) is 8.96. The minimum atomic E-state index is -0.0460. The summed E-state index contributed by atoms with van der Waals surface area (Å²) in [5.74, 6) is 0.348. The van der Waals surface area contributed by atoms with Gasteiger partial charge in [-0.25, -0.2) is 4.99 Å². The van der Waals surface area contributed by atoms with Gasteiger partial charge in [-0.15, -0.1) is 0 Å². The van der Waals surface area contributed by atoms with Gasteiger partial charge in [0.25, 0.3) is 5.91 Å². The van der Waals surface area contributed by atoms with Crippen molar-refractivity contribution in [2.24, 2.45) is 4.99 Å². The van der Waals surface area contributed by atoms with E-state index in [9.17, 15) is 4.79 Å². The lowest BCUT2D eigenvalue weighted by molar-refractivity contribution is -0.124. The maximum Gasteiger partial charge on any atom is 0.300 e. The minimum Gasteiger partial charge on any atom is -0.420 e. The van der Waals surface area contributed by atoms with Gasteiger partial charge in [-0.2, -0.15) is 0 Å². The number of rotatable bonds is 10. The molecule has 0 spiro atoms. The summed E-state index contributed by atoms with van der Waals surface area (Å²) >= 11 is 0. The molecule has 32 heavy (non-hydrogen) atoms. The molecular formula is C27H41N3O2. The zero-order valence-corrected chi connectivity index (χ0v) is 20.5. The lowest BCUT2D eigenvalue weighted by atomic mass is 9.96. The number of hydrogen-bond acceptors (Lipinski definition) is 4. The second kappa shape index (κ2) is 12.1. The topological polar surface area (TPSA) is 45.1 Å². The molecule has 1 saturated carbocycles. The molecule has 1 aromatic rings. The zero-order valence-electron chi connectivity index (χ0n) is 20.5. The third-order valence-corrected chi connectivity index (χ3v) is 6.75. The predicted molar refractivity (Wildman–Crippen MR) is 134 cm³/mol. The van der Waals surface area contributed by atoms with Crippen LogP contribution in [0.4, 0.5) is 5.69 Å². The molecule has 176 valence electrons. The van der Waals surface area contributed by atoms with Crippen LogP contribution < -0.4 is 4.90 Å². The number of hydrogen-bond donors (Lipinski definition) is 0. The van der Waals surface area contributed by atoms with Crippen molar-refractivity contribution in [1.82, 2.24) is 4.90 Å². The van der Waals surface area contributed by atoms with Gasteiger partial charge in [0.1, 0.15) is 0 Å². The Morgan fingerprint density at radius 1 is 1.09 bits per heavy atom. The number of carbonyl (C=O) groups is 1. The quantitative estimate of drug-likeness (QED) is 0.397. The van der Waals surface area contributed by atoms with E-state index < -0.39 is 0 Å². The first kappa shape index (κ1) is 24.3. The first-order valence-corrected chi connectivity index (χ1v) is 12.8. The molecular weight excluding hydrogens is 398 g/mol. The van der Waals surface area contributed by atoms with E-state index >= 15 is 0 Å². The molecule has 1 atom stereocenters. The third-order valence-electron chi connectivity index (χ3n) is 6.75. The van der Waals surface area contributed by atoms with Crippen LogP contribution in [0.1, 0.15) is 91.0 Å². The standard InChI is InChI=1S/C27H41N3O2/c1-5-9-15-23(6-2)30-26(31)25(32-27(30)28-22-13-11-10-12-14-22)20-21-16-18-24(19-17-21)29(7-3)8-4/h16-20,22-23H,5-15H2,1-4H3/b25-20+,28-27+. The lowest BCUT2D eigenvalue weighted by Crippen LogP contribution is -2.40. The number of amidine groups is 1. The molecule has 1 heterocycles. The van der Waals surface area contributed by atoms with E-state index in [4.69, 9.17) is 9.73 Å². The number of benzene rings is 1. The van der Waals surface area contributed by atoms with Gasteiger partial charge in [0.05, 0.1) is 6.04 Å². The highest BCUT2D eigenvalue weighted by Crippen LogP contribution is 2.29. The highest BCUT2D eigenvalue weighted by molar-refractivity contribution is 6.11. The van der Waals surface area contributed by atoms with Crippen molar-refractivity contribution >= 4 is 23.7 Å². The number of amides is 1. The second-order valence-corrected chi connectivity index (χ2v) is 8.96. The van der Waals surface area contributed by atoms with Crippen LogP contribution in [-0.4, -0.2) is 42.0 Å². The molecule has 1 aliphatic carbocycles. The monoisotopic (exact) mass is 439 g/mol. The van der Waals surface area contributed by atoms with Gasteiger partial charge < -0.3 is 9.64 Å². The van der Waals surface area contributed by atoms with Crippen molar-refractivity contribution < 1.29 is 9.53 Å². The third kappa shape index (κ3) is 5.93. The van der Waals surface area contributed by atoms with Crippen molar-refractivity contribution in [2.75, 3.05) is 18.0 Å². The Kier molecular flexibility index (Phi) is 9.19. The Morgan fingerprint density at radius 3 is 2.38 bits per heavy atom.